The van der Waals surface area contributed by atoms with Gasteiger partial charge in [-0.3, -0.25) is 10.1 Å². The summed E-state index contributed by atoms with van der Waals surface area (Å²) in [5.41, 5.74) is 6.76. The Balaban J connectivity index is 2.05. The summed E-state index contributed by atoms with van der Waals surface area (Å²) in [6, 6.07) is 0. The molecule has 0 aromatic carbocycles. The van der Waals surface area contributed by atoms with E-state index >= 15 is 0 Å². The summed E-state index contributed by atoms with van der Waals surface area (Å²) in [6.07, 6.45) is 3.28. The Hall–Kier alpha value is -1.73. The van der Waals surface area contributed by atoms with Gasteiger partial charge in [-0.2, -0.15) is 0 Å². The molecule has 0 spiro atoms. The number of nitrogens with two attached hydrogens (primary N) is 1. The SMILES string of the molecule is CC(C)(C)c1csc(NC(=O)c2cn(CCN)cn2)n1. The Morgan fingerprint density at radius 2 is 2.25 bits per heavy atom. The molecule has 1 amide bonds. The number of thiazole rings is 1. The number of amides is 1. The number of carbonyl (C=O) groups is 1. The molecule has 0 unspecified atom stereocenters. The van der Waals surface area contributed by atoms with Crippen LogP contribution in [0.1, 0.15) is 37.0 Å². The van der Waals surface area contributed by atoms with Gasteiger partial charge in [0.15, 0.2) is 5.13 Å². The Morgan fingerprint density at radius 1 is 1.50 bits per heavy atom. The van der Waals surface area contributed by atoms with Crippen LogP contribution in [0.15, 0.2) is 17.9 Å². The minimum atomic E-state index is -0.254. The second-order valence-electron chi connectivity index (χ2n) is 5.53. The Kier molecular flexibility index (Phi) is 4.20. The van der Waals surface area contributed by atoms with Crippen LogP contribution in [0.5, 0.6) is 0 Å². The lowest BCUT2D eigenvalue weighted by Crippen LogP contribution is -2.14. The van der Waals surface area contributed by atoms with Crippen molar-refractivity contribution in [3.8, 4) is 0 Å². The molecule has 0 aliphatic heterocycles. The minimum Gasteiger partial charge on any atom is -0.335 e. The number of carbonyl (C=O) groups excluding carboxylic acids is 1. The van der Waals surface area contributed by atoms with Crippen molar-refractivity contribution in [3.05, 3.63) is 29.3 Å². The third-order valence-electron chi connectivity index (χ3n) is 2.75. The van der Waals surface area contributed by atoms with Gasteiger partial charge in [0, 0.05) is 30.1 Å². The van der Waals surface area contributed by atoms with Crippen molar-refractivity contribution in [2.45, 2.75) is 32.7 Å². The summed E-state index contributed by atoms with van der Waals surface area (Å²) in [5, 5.41) is 5.32. The summed E-state index contributed by atoms with van der Waals surface area (Å²) in [6.45, 7) is 7.41. The highest BCUT2D eigenvalue weighted by molar-refractivity contribution is 7.14. The van der Waals surface area contributed by atoms with E-state index in [9.17, 15) is 4.79 Å². The minimum absolute atomic E-state index is 0.0256. The van der Waals surface area contributed by atoms with E-state index in [0.29, 0.717) is 23.9 Å². The standard InChI is InChI=1S/C13H19N5OS/c1-13(2,3)10-7-20-12(16-10)17-11(19)9-6-18(5-4-14)8-15-9/h6-8H,4-5,14H2,1-3H3,(H,16,17,19). The van der Waals surface area contributed by atoms with E-state index in [-0.39, 0.29) is 11.3 Å². The molecular weight excluding hydrogens is 274 g/mol. The number of aromatic nitrogens is 3. The van der Waals surface area contributed by atoms with Gasteiger partial charge in [0.05, 0.1) is 12.0 Å². The van der Waals surface area contributed by atoms with Crippen molar-refractivity contribution >= 4 is 22.4 Å². The van der Waals surface area contributed by atoms with E-state index in [4.69, 9.17) is 5.73 Å². The average molecular weight is 293 g/mol. The Labute approximate surface area is 122 Å². The molecule has 108 valence electrons. The molecule has 0 bridgehead atoms. The van der Waals surface area contributed by atoms with Gasteiger partial charge in [0.2, 0.25) is 0 Å². The third-order valence-corrected chi connectivity index (χ3v) is 3.50. The van der Waals surface area contributed by atoms with Gasteiger partial charge in [-0.25, -0.2) is 9.97 Å². The summed E-state index contributed by atoms with van der Waals surface area (Å²) in [7, 11) is 0. The maximum absolute atomic E-state index is 12.0. The summed E-state index contributed by atoms with van der Waals surface area (Å²) >= 11 is 1.42. The molecule has 0 aliphatic carbocycles. The highest BCUT2D eigenvalue weighted by Gasteiger charge is 2.18. The smallest absolute Gasteiger partial charge is 0.277 e. The number of hydrogen-bond donors (Lipinski definition) is 2. The van der Waals surface area contributed by atoms with E-state index in [1.54, 1.807) is 17.1 Å². The normalized spacial score (nSPS) is 11.6. The Bertz CT molecular complexity index is 596. The van der Waals surface area contributed by atoms with Crippen molar-refractivity contribution in [3.63, 3.8) is 0 Å². The number of nitrogens with zero attached hydrogens (tertiary/aromatic N) is 3. The first-order chi connectivity index (χ1) is 9.40. The van der Waals surface area contributed by atoms with Gasteiger partial charge in [0.1, 0.15) is 5.69 Å². The van der Waals surface area contributed by atoms with Gasteiger partial charge in [-0.05, 0) is 0 Å². The Morgan fingerprint density at radius 3 is 2.85 bits per heavy atom. The molecule has 0 saturated heterocycles. The summed E-state index contributed by atoms with van der Waals surface area (Å²) < 4.78 is 1.79. The second kappa shape index (κ2) is 5.72. The van der Waals surface area contributed by atoms with Gasteiger partial charge in [0.25, 0.3) is 5.91 Å². The molecule has 20 heavy (non-hydrogen) atoms. The first-order valence-corrected chi connectivity index (χ1v) is 7.27. The largest absolute Gasteiger partial charge is 0.335 e. The first-order valence-electron chi connectivity index (χ1n) is 6.39. The molecule has 2 heterocycles. The molecule has 0 fully saturated rings. The molecule has 2 rings (SSSR count). The number of anilines is 1. The summed E-state index contributed by atoms with van der Waals surface area (Å²) in [4.78, 5) is 20.5. The predicted molar refractivity (Wildman–Crippen MR) is 80.0 cm³/mol. The van der Waals surface area contributed by atoms with E-state index < -0.39 is 0 Å². The van der Waals surface area contributed by atoms with Crippen LogP contribution >= 0.6 is 11.3 Å². The van der Waals surface area contributed by atoms with Gasteiger partial charge < -0.3 is 10.3 Å². The van der Waals surface area contributed by atoms with Crippen LogP contribution in [0.4, 0.5) is 5.13 Å². The summed E-state index contributed by atoms with van der Waals surface area (Å²) in [5.74, 6) is -0.254. The fourth-order valence-electron chi connectivity index (χ4n) is 1.59. The maximum Gasteiger partial charge on any atom is 0.277 e. The van der Waals surface area contributed by atoms with Crippen molar-refractivity contribution in [2.24, 2.45) is 5.73 Å². The predicted octanol–water partition coefficient (Wildman–Crippen LogP) is 1.85. The number of rotatable bonds is 4. The average Bonchev–Trinajstić information content (AvgIpc) is 2.97. The lowest BCUT2D eigenvalue weighted by Gasteiger charge is -2.14. The monoisotopic (exact) mass is 293 g/mol. The van der Waals surface area contributed by atoms with E-state index in [1.807, 2.05) is 5.38 Å². The first kappa shape index (κ1) is 14.7. The molecule has 0 atom stereocenters. The van der Waals surface area contributed by atoms with Crippen molar-refractivity contribution in [1.29, 1.82) is 0 Å². The molecule has 0 radical (unpaired) electrons. The van der Waals surface area contributed by atoms with E-state index in [1.165, 1.54) is 11.3 Å². The van der Waals surface area contributed by atoms with Gasteiger partial charge >= 0.3 is 0 Å². The molecule has 2 aromatic heterocycles. The molecular formula is C13H19N5OS. The zero-order valence-electron chi connectivity index (χ0n) is 11.9. The maximum atomic E-state index is 12.0. The van der Waals surface area contributed by atoms with Crippen LogP contribution in [0.2, 0.25) is 0 Å². The molecule has 0 aliphatic rings. The zero-order valence-corrected chi connectivity index (χ0v) is 12.7. The number of hydrogen-bond acceptors (Lipinski definition) is 5. The molecule has 3 N–H and O–H groups in total. The number of imidazole rings is 1. The lowest BCUT2D eigenvalue weighted by atomic mass is 9.93. The lowest BCUT2D eigenvalue weighted by molar-refractivity contribution is 0.102. The van der Waals surface area contributed by atoms with E-state index in [0.717, 1.165) is 5.69 Å². The molecule has 0 saturated carbocycles. The van der Waals surface area contributed by atoms with Crippen LogP contribution in [0.3, 0.4) is 0 Å². The highest BCUT2D eigenvalue weighted by atomic mass is 32.1. The van der Waals surface area contributed by atoms with Crippen molar-refractivity contribution in [2.75, 3.05) is 11.9 Å². The third kappa shape index (κ3) is 3.43. The second-order valence-corrected chi connectivity index (χ2v) is 6.39. The quantitative estimate of drug-likeness (QED) is 0.900. The van der Waals surface area contributed by atoms with Crippen LogP contribution in [-0.4, -0.2) is 27.0 Å². The molecule has 7 heteroatoms. The van der Waals surface area contributed by atoms with Crippen molar-refractivity contribution in [1.82, 2.24) is 14.5 Å². The van der Waals surface area contributed by atoms with Crippen LogP contribution in [0, 0.1) is 0 Å². The topological polar surface area (TPSA) is 85.8 Å². The van der Waals surface area contributed by atoms with Crippen LogP contribution < -0.4 is 11.1 Å². The van der Waals surface area contributed by atoms with Gasteiger partial charge in [-0.1, -0.05) is 20.8 Å². The van der Waals surface area contributed by atoms with E-state index in [2.05, 4.69) is 36.1 Å². The van der Waals surface area contributed by atoms with Crippen LogP contribution in [0.25, 0.3) is 0 Å². The highest BCUT2D eigenvalue weighted by Crippen LogP contribution is 2.26. The van der Waals surface area contributed by atoms with Crippen LogP contribution in [-0.2, 0) is 12.0 Å². The molecule has 2 aromatic rings. The fraction of sp³-hybridized carbons (Fsp3) is 0.462. The van der Waals surface area contributed by atoms with Crippen molar-refractivity contribution < 1.29 is 4.79 Å². The number of nitrogens with one attached hydrogen (secondary N) is 1. The fourth-order valence-corrected chi connectivity index (χ4v) is 2.52. The zero-order chi connectivity index (χ0) is 14.8. The molecule has 6 nitrogen and oxygen atoms in total. The van der Waals surface area contributed by atoms with Gasteiger partial charge in [-0.15, -0.1) is 11.3 Å².